The van der Waals surface area contributed by atoms with Crippen LogP contribution in [0.1, 0.15) is 33.6 Å². The lowest BCUT2D eigenvalue weighted by atomic mass is 10.1. The fraction of sp³-hybridized carbons (Fsp3) is 0.562. The molecule has 1 saturated heterocycles. The lowest BCUT2D eigenvalue weighted by Crippen LogP contribution is -2.32. The Kier molecular flexibility index (Phi) is 5.19. The average Bonchev–Trinajstić information content (AvgIpc) is 2.39. The maximum Gasteiger partial charge on any atom is 0.412 e. The molecule has 1 aliphatic rings. The van der Waals surface area contributed by atoms with E-state index in [2.05, 4.69) is 10.6 Å². The molecule has 0 atom stereocenters. The predicted octanol–water partition coefficient (Wildman–Crippen LogP) is 3.02. The number of nitrogens with one attached hydrogen (secondary N) is 2. The molecule has 0 saturated carbocycles. The van der Waals surface area contributed by atoms with E-state index < -0.39 is 21.5 Å². The molecule has 0 spiro atoms. The van der Waals surface area contributed by atoms with Gasteiger partial charge in [-0.05, 0) is 51.8 Å². The first-order valence-electron chi connectivity index (χ1n) is 7.70. The van der Waals surface area contributed by atoms with Crippen molar-refractivity contribution in [3.8, 4) is 0 Å². The van der Waals surface area contributed by atoms with E-state index in [1.165, 1.54) is 0 Å². The van der Waals surface area contributed by atoms with E-state index >= 15 is 0 Å². The zero-order valence-electron chi connectivity index (χ0n) is 13.8. The second-order valence-electron chi connectivity index (χ2n) is 6.78. The molecule has 0 bridgehead atoms. The van der Waals surface area contributed by atoms with E-state index in [0.29, 0.717) is 18.5 Å². The zero-order chi connectivity index (χ0) is 17.1. The highest BCUT2D eigenvalue weighted by atomic mass is 32.2. The highest BCUT2D eigenvalue weighted by Crippen LogP contribution is 2.21. The molecular weight excluding hydrogens is 316 g/mol. The van der Waals surface area contributed by atoms with Gasteiger partial charge in [0.15, 0.2) is 0 Å². The van der Waals surface area contributed by atoms with Gasteiger partial charge in [0.1, 0.15) is 15.4 Å². The van der Waals surface area contributed by atoms with Crippen LogP contribution in [-0.2, 0) is 14.6 Å². The van der Waals surface area contributed by atoms with E-state index in [1.807, 2.05) is 39.0 Å². The summed E-state index contributed by atoms with van der Waals surface area (Å²) in [5.41, 5.74) is 0.934. The predicted molar refractivity (Wildman–Crippen MR) is 91.6 cm³/mol. The van der Waals surface area contributed by atoms with Gasteiger partial charge in [-0.1, -0.05) is 6.07 Å². The Morgan fingerprint density at radius 1 is 1.17 bits per heavy atom. The van der Waals surface area contributed by atoms with Crippen molar-refractivity contribution in [1.29, 1.82) is 0 Å². The van der Waals surface area contributed by atoms with Gasteiger partial charge in [-0.2, -0.15) is 0 Å². The van der Waals surface area contributed by atoms with Crippen molar-refractivity contribution in [2.75, 3.05) is 22.1 Å². The minimum Gasteiger partial charge on any atom is -0.444 e. The van der Waals surface area contributed by atoms with Crippen LogP contribution in [0.4, 0.5) is 16.2 Å². The number of amides is 1. The van der Waals surface area contributed by atoms with Gasteiger partial charge in [0.25, 0.3) is 0 Å². The molecule has 1 fully saturated rings. The molecule has 0 unspecified atom stereocenters. The van der Waals surface area contributed by atoms with Gasteiger partial charge in [-0.15, -0.1) is 0 Å². The molecule has 1 aliphatic heterocycles. The molecule has 1 heterocycles. The van der Waals surface area contributed by atoms with E-state index in [4.69, 9.17) is 4.74 Å². The standard InChI is InChI=1S/C16H24N2O4S/c1-16(2,3)22-15(19)18-14-6-4-5-13(11-14)17-12-7-9-23(20,21)10-8-12/h4-6,11-12,17H,7-10H2,1-3H3,(H,18,19). The van der Waals surface area contributed by atoms with Gasteiger partial charge >= 0.3 is 6.09 Å². The van der Waals surface area contributed by atoms with Crippen molar-refractivity contribution < 1.29 is 17.9 Å². The van der Waals surface area contributed by atoms with Crippen molar-refractivity contribution in [2.45, 2.75) is 45.3 Å². The van der Waals surface area contributed by atoms with Crippen LogP contribution in [0.25, 0.3) is 0 Å². The van der Waals surface area contributed by atoms with Crippen molar-refractivity contribution in [1.82, 2.24) is 0 Å². The van der Waals surface area contributed by atoms with Crippen molar-refractivity contribution in [2.24, 2.45) is 0 Å². The number of hydrogen-bond acceptors (Lipinski definition) is 5. The van der Waals surface area contributed by atoms with Gasteiger partial charge in [-0.25, -0.2) is 13.2 Å². The van der Waals surface area contributed by atoms with Crippen LogP contribution < -0.4 is 10.6 Å². The molecule has 23 heavy (non-hydrogen) atoms. The Morgan fingerprint density at radius 3 is 2.39 bits per heavy atom. The van der Waals surface area contributed by atoms with Crippen LogP contribution in [0.2, 0.25) is 0 Å². The molecule has 0 radical (unpaired) electrons. The highest BCUT2D eigenvalue weighted by Gasteiger charge is 2.23. The number of carbonyl (C=O) groups is 1. The smallest absolute Gasteiger partial charge is 0.412 e. The van der Waals surface area contributed by atoms with Crippen LogP contribution in [0.5, 0.6) is 0 Å². The average molecular weight is 340 g/mol. The Balaban J connectivity index is 1.93. The van der Waals surface area contributed by atoms with Crippen LogP contribution in [0.15, 0.2) is 24.3 Å². The maximum atomic E-state index is 11.8. The molecule has 2 N–H and O–H groups in total. The normalized spacial score (nSPS) is 18.2. The molecule has 7 heteroatoms. The van der Waals surface area contributed by atoms with Gasteiger partial charge in [0, 0.05) is 17.4 Å². The minimum absolute atomic E-state index is 0.135. The molecule has 2 rings (SSSR count). The molecule has 1 aromatic carbocycles. The molecule has 1 amide bonds. The van der Waals surface area contributed by atoms with E-state index in [-0.39, 0.29) is 17.5 Å². The molecular formula is C16H24N2O4S. The van der Waals surface area contributed by atoms with Crippen molar-refractivity contribution >= 4 is 27.3 Å². The fourth-order valence-electron chi connectivity index (χ4n) is 2.38. The number of sulfone groups is 1. The number of anilines is 2. The molecule has 1 aromatic rings. The third-order valence-electron chi connectivity index (χ3n) is 3.43. The zero-order valence-corrected chi connectivity index (χ0v) is 14.6. The van der Waals surface area contributed by atoms with Gasteiger partial charge in [0.2, 0.25) is 0 Å². The SMILES string of the molecule is CC(C)(C)OC(=O)Nc1cccc(NC2CCS(=O)(=O)CC2)c1. The third kappa shape index (κ3) is 6.09. The summed E-state index contributed by atoms with van der Waals surface area (Å²) in [7, 11) is -2.86. The minimum atomic E-state index is -2.86. The Labute approximate surface area is 137 Å². The highest BCUT2D eigenvalue weighted by molar-refractivity contribution is 7.91. The number of hydrogen-bond donors (Lipinski definition) is 2. The Morgan fingerprint density at radius 2 is 1.78 bits per heavy atom. The molecule has 128 valence electrons. The molecule has 6 nitrogen and oxygen atoms in total. The van der Waals surface area contributed by atoms with Gasteiger partial charge in [0.05, 0.1) is 11.5 Å². The van der Waals surface area contributed by atoms with Crippen molar-refractivity contribution in [3.05, 3.63) is 24.3 Å². The Bertz CT molecular complexity index is 651. The van der Waals surface area contributed by atoms with Crippen LogP contribution in [-0.4, -0.2) is 37.7 Å². The van der Waals surface area contributed by atoms with E-state index in [9.17, 15) is 13.2 Å². The summed E-state index contributed by atoms with van der Waals surface area (Å²) >= 11 is 0. The first-order valence-corrected chi connectivity index (χ1v) is 9.52. The summed E-state index contributed by atoms with van der Waals surface area (Å²) in [5, 5.41) is 6.02. The van der Waals surface area contributed by atoms with E-state index in [0.717, 1.165) is 5.69 Å². The second-order valence-corrected chi connectivity index (χ2v) is 9.08. The first-order chi connectivity index (χ1) is 10.6. The summed E-state index contributed by atoms with van der Waals surface area (Å²) in [6, 6.07) is 7.45. The summed E-state index contributed by atoms with van der Waals surface area (Å²) < 4.78 is 28.1. The molecule has 0 aliphatic carbocycles. The number of carbonyl (C=O) groups excluding carboxylic acids is 1. The quantitative estimate of drug-likeness (QED) is 0.883. The van der Waals surface area contributed by atoms with Crippen LogP contribution in [0, 0.1) is 0 Å². The summed E-state index contributed by atoms with van der Waals surface area (Å²) in [4.78, 5) is 11.8. The lowest BCUT2D eigenvalue weighted by molar-refractivity contribution is 0.0636. The maximum absolute atomic E-state index is 11.8. The summed E-state index contributed by atoms with van der Waals surface area (Å²) in [6.45, 7) is 5.42. The van der Waals surface area contributed by atoms with Crippen LogP contribution in [0.3, 0.4) is 0 Å². The number of benzene rings is 1. The summed E-state index contributed by atoms with van der Waals surface area (Å²) in [6.07, 6.45) is 0.705. The lowest BCUT2D eigenvalue weighted by Gasteiger charge is -2.24. The topological polar surface area (TPSA) is 84.5 Å². The Hall–Kier alpha value is -1.76. The molecule has 0 aromatic heterocycles. The van der Waals surface area contributed by atoms with Gasteiger partial charge < -0.3 is 10.1 Å². The second kappa shape index (κ2) is 6.78. The largest absolute Gasteiger partial charge is 0.444 e. The third-order valence-corrected chi connectivity index (χ3v) is 5.15. The van der Waals surface area contributed by atoms with Crippen LogP contribution >= 0.6 is 0 Å². The number of ether oxygens (including phenoxy) is 1. The van der Waals surface area contributed by atoms with Crippen molar-refractivity contribution in [3.63, 3.8) is 0 Å². The van der Waals surface area contributed by atoms with Gasteiger partial charge in [-0.3, -0.25) is 5.32 Å². The summed E-state index contributed by atoms with van der Waals surface area (Å²) in [5.74, 6) is 0.445. The first kappa shape index (κ1) is 17.6. The monoisotopic (exact) mass is 340 g/mol. The fourth-order valence-corrected chi connectivity index (χ4v) is 3.87. The van der Waals surface area contributed by atoms with E-state index in [1.54, 1.807) is 6.07 Å². The number of rotatable bonds is 3.